The zero-order valence-corrected chi connectivity index (χ0v) is 14.6. The van der Waals surface area contributed by atoms with Crippen molar-refractivity contribution >= 4 is 5.91 Å². The molecule has 0 saturated heterocycles. The summed E-state index contributed by atoms with van der Waals surface area (Å²) >= 11 is 0. The van der Waals surface area contributed by atoms with Crippen molar-refractivity contribution in [2.45, 2.75) is 75.9 Å². The van der Waals surface area contributed by atoms with E-state index < -0.39 is 5.54 Å². The lowest BCUT2D eigenvalue weighted by molar-refractivity contribution is -0.714. The molecule has 4 nitrogen and oxygen atoms in total. The van der Waals surface area contributed by atoms with E-state index in [2.05, 4.69) is 41.0 Å². The van der Waals surface area contributed by atoms with Crippen LogP contribution in [0.25, 0.3) is 0 Å². The summed E-state index contributed by atoms with van der Waals surface area (Å²) in [6.07, 6.45) is 8.22. The molecule has 0 aromatic heterocycles. The first-order valence-electron chi connectivity index (χ1n) is 9.30. The number of nitriles is 1. The van der Waals surface area contributed by atoms with Crippen molar-refractivity contribution in [3.63, 3.8) is 0 Å². The Bertz CT molecular complexity index is 628. The Morgan fingerprint density at radius 2 is 2.04 bits per heavy atom. The summed E-state index contributed by atoms with van der Waals surface area (Å²) < 4.78 is 0. The summed E-state index contributed by atoms with van der Waals surface area (Å²) in [5.74, 6) is 0.00139. The van der Waals surface area contributed by atoms with E-state index in [4.69, 9.17) is 0 Å². The number of amides is 1. The molecule has 24 heavy (non-hydrogen) atoms. The first-order chi connectivity index (χ1) is 11.6. The van der Waals surface area contributed by atoms with Crippen LogP contribution in [0, 0.1) is 11.3 Å². The Morgan fingerprint density at radius 1 is 1.29 bits per heavy atom. The van der Waals surface area contributed by atoms with Crippen LogP contribution < -0.4 is 10.6 Å². The molecule has 0 radical (unpaired) electrons. The van der Waals surface area contributed by atoms with Crippen molar-refractivity contribution in [2.75, 3.05) is 0 Å². The molecule has 1 aromatic carbocycles. The maximum absolute atomic E-state index is 12.7. The first-order valence-corrected chi connectivity index (χ1v) is 9.30. The average molecular weight is 326 g/mol. The molecule has 1 saturated carbocycles. The van der Waals surface area contributed by atoms with Gasteiger partial charge in [-0.15, -0.1) is 0 Å². The molecule has 4 heteroatoms. The maximum Gasteiger partial charge on any atom is 0.279 e. The SMILES string of the molecule is C[C@H]([NH2+][C@H]1CCCc2ccccc21)C(=O)NC1(C#N)CCCCC1. The van der Waals surface area contributed by atoms with Crippen molar-refractivity contribution < 1.29 is 10.1 Å². The lowest BCUT2D eigenvalue weighted by Crippen LogP contribution is -2.93. The molecule has 3 N–H and O–H groups in total. The van der Waals surface area contributed by atoms with Crippen LogP contribution in [-0.4, -0.2) is 17.5 Å². The third-order valence-corrected chi connectivity index (χ3v) is 5.63. The molecule has 0 unspecified atom stereocenters. The van der Waals surface area contributed by atoms with Gasteiger partial charge in [0, 0.05) is 12.0 Å². The van der Waals surface area contributed by atoms with E-state index in [1.807, 2.05) is 6.92 Å². The fourth-order valence-corrected chi connectivity index (χ4v) is 4.20. The van der Waals surface area contributed by atoms with E-state index >= 15 is 0 Å². The van der Waals surface area contributed by atoms with E-state index in [9.17, 15) is 10.1 Å². The molecular weight excluding hydrogens is 298 g/mol. The number of rotatable bonds is 4. The molecule has 1 amide bonds. The van der Waals surface area contributed by atoms with Crippen LogP contribution in [-0.2, 0) is 11.2 Å². The third-order valence-electron chi connectivity index (χ3n) is 5.63. The molecule has 2 atom stereocenters. The van der Waals surface area contributed by atoms with Gasteiger partial charge in [-0.25, -0.2) is 0 Å². The molecule has 2 aliphatic rings. The Hall–Kier alpha value is -1.86. The van der Waals surface area contributed by atoms with Crippen LogP contribution in [0.2, 0.25) is 0 Å². The number of hydrogen-bond donors (Lipinski definition) is 2. The topological polar surface area (TPSA) is 69.5 Å². The van der Waals surface area contributed by atoms with Gasteiger partial charge in [-0.05, 0) is 38.2 Å². The predicted octanol–water partition coefficient (Wildman–Crippen LogP) is 2.36. The van der Waals surface area contributed by atoms with Gasteiger partial charge in [0.2, 0.25) is 0 Å². The molecule has 128 valence electrons. The first kappa shape index (κ1) is 17.0. The zero-order valence-electron chi connectivity index (χ0n) is 14.6. The lowest BCUT2D eigenvalue weighted by Gasteiger charge is -2.33. The van der Waals surface area contributed by atoms with Crippen molar-refractivity contribution in [1.82, 2.24) is 5.32 Å². The van der Waals surface area contributed by atoms with Gasteiger partial charge in [0.15, 0.2) is 6.04 Å². The second-order valence-electron chi connectivity index (χ2n) is 7.42. The van der Waals surface area contributed by atoms with Crippen LogP contribution in [0.15, 0.2) is 24.3 Å². The minimum Gasteiger partial charge on any atom is -0.333 e. The van der Waals surface area contributed by atoms with Gasteiger partial charge in [0.1, 0.15) is 11.6 Å². The molecular formula is C20H28N3O+. The van der Waals surface area contributed by atoms with E-state index in [-0.39, 0.29) is 11.9 Å². The van der Waals surface area contributed by atoms with Crippen LogP contribution in [0.3, 0.4) is 0 Å². The summed E-state index contributed by atoms with van der Waals surface area (Å²) in [4.78, 5) is 12.7. The summed E-state index contributed by atoms with van der Waals surface area (Å²) in [5.41, 5.74) is 2.15. The number of hydrogen-bond acceptors (Lipinski definition) is 2. The highest BCUT2D eigenvalue weighted by Gasteiger charge is 2.36. The van der Waals surface area contributed by atoms with E-state index in [0.29, 0.717) is 6.04 Å². The third kappa shape index (κ3) is 3.62. The number of nitrogens with one attached hydrogen (secondary N) is 1. The predicted molar refractivity (Wildman–Crippen MR) is 93.1 cm³/mol. The second-order valence-corrected chi connectivity index (χ2v) is 7.42. The van der Waals surface area contributed by atoms with Gasteiger partial charge >= 0.3 is 0 Å². The number of quaternary nitrogens is 1. The number of benzene rings is 1. The smallest absolute Gasteiger partial charge is 0.279 e. The van der Waals surface area contributed by atoms with E-state index in [0.717, 1.165) is 38.5 Å². The minimum absolute atomic E-state index is 0.00139. The van der Waals surface area contributed by atoms with Crippen LogP contribution in [0.4, 0.5) is 0 Å². The molecule has 1 aromatic rings. The largest absolute Gasteiger partial charge is 0.333 e. The monoisotopic (exact) mass is 326 g/mol. The zero-order chi connectivity index (χ0) is 17.0. The van der Waals surface area contributed by atoms with Gasteiger partial charge in [-0.3, -0.25) is 4.79 Å². The van der Waals surface area contributed by atoms with Crippen molar-refractivity contribution in [3.8, 4) is 6.07 Å². The summed E-state index contributed by atoms with van der Waals surface area (Å²) in [7, 11) is 0. The van der Waals surface area contributed by atoms with Gasteiger partial charge in [0.05, 0.1) is 6.07 Å². The van der Waals surface area contributed by atoms with E-state index in [1.165, 1.54) is 24.0 Å². The van der Waals surface area contributed by atoms with Crippen LogP contribution in [0.1, 0.15) is 69.0 Å². The summed E-state index contributed by atoms with van der Waals surface area (Å²) in [6, 6.07) is 11.1. The number of aryl methyl sites for hydroxylation is 1. The highest BCUT2D eigenvalue weighted by molar-refractivity contribution is 5.81. The molecule has 0 spiro atoms. The molecule has 1 fully saturated rings. The van der Waals surface area contributed by atoms with Gasteiger partial charge in [-0.1, -0.05) is 43.5 Å². The molecule has 3 rings (SSSR count). The number of nitrogens with two attached hydrogens (primary N) is 1. The summed E-state index contributed by atoms with van der Waals surface area (Å²) in [6.45, 7) is 1.96. The normalized spacial score (nSPS) is 23.6. The van der Waals surface area contributed by atoms with Crippen molar-refractivity contribution in [2.24, 2.45) is 0 Å². The summed E-state index contributed by atoms with van der Waals surface area (Å²) in [5, 5.41) is 14.8. The highest BCUT2D eigenvalue weighted by Crippen LogP contribution is 2.28. The molecule has 0 aliphatic heterocycles. The van der Waals surface area contributed by atoms with E-state index in [1.54, 1.807) is 0 Å². The van der Waals surface area contributed by atoms with Gasteiger partial charge < -0.3 is 10.6 Å². The molecule has 0 heterocycles. The van der Waals surface area contributed by atoms with Crippen molar-refractivity contribution in [1.29, 1.82) is 5.26 Å². The number of fused-ring (bicyclic) bond motifs is 1. The maximum atomic E-state index is 12.7. The Kier molecular flexibility index (Phi) is 5.20. The Labute approximate surface area is 144 Å². The number of carbonyl (C=O) groups is 1. The fourth-order valence-electron chi connectivity index (χ4n) is 4.20. The van der Waals surface area contributed by atoms with Crippen LogP contribution in [0.5, 0.6) is 0 Å². The Balaban J connectivity index is 1.64. The molecule has 2 aliphatic carbocycles. The second kappa shape index (κ2) is 7.36. The Morgan fingerprint density at radius 3 is 2.79 bits per heavy atom. The van der Waals surface area contributed by atoms with Crippen molar-refractivity contribution in [3.05, 3.63) is 35.4 Å². The lowest BCUT2D eigenvalue weighted by atomic mass is 9.82. The number of nitrogens with zero attached hydrogens (tertiary/aromatic N) is 1. The average Bonchev–Trinajstić information content (AvgIpc) is 2.62. The van der Waals surface area contributed by atoms with Crippen LogP contribution >= 0.6 is 0 Å². The van der Waals surface area contributed by atoms with Gasteiger partial charge in [0.25, 0.3) is 5.91 Å². The van der Waals surface area contributed by atoms with Gasteiger partial charge in [-0.2, -0.15) is 5.26 Å². The highest BCUT2D eigenvalue weighted by atomic mass is 16.2. The standard InChI is InChI=1S/C20H27N3O/c1-15(19(24)23-20(14-21)12-5-2-6-13-20)22-18-11-7-9-16-8-3-4-10-17(16)18/h3-4,8,10,15,18,22H,2,5-7,9,11-13H2,1H3,(H,23,24)/p+1/t15-,18-/m0/s1. The quantitative estimate of drug-likeness (QED) is 0.892. The molecule has 0 bridgehead atoms. The minimum atomic E-state index is -0.637. The number of carbonyl (C=O) groups excluding carboxylic acids is 1. The fraction of sp³-hybridized carbons (Fsp3) is 0.600.